The van der Waals surface area contributed by atoms with Crippen LogP contribution in [0.5, 0.6) is 0 Å². The van der Waals surface area contributed by atoms with E-state index < -0.39 is 0 Å². The zero-order valence-electron chi connectivity index (χ0n) is 13.8. The van der Waals surface area contributed by atoms with E-state index in [9.17, 15) is 0 Å². The van der Waals surface area contributed by atoms with E-state index in [-0.39, 0.29) is 5.60 Å². The van der Waals surface area contributed by atoms with Crippen molar-refractivity contribution in [3.63, 3.8) is 0 Å². The van der Waals surface area contributed by atoms with Crippen molar-refractivity contribution in [1.29, 1.82) is 0 Å². The van der Waals surface area contributed by atoms with E-state index in [1.807, 2.05) is 7.11 Å². The largest absolute Gasteiger partial charge is 0.377 e. The van der Waals surface area contributed by atoms with Crippen molar-refractivity contribution in [3.05, 3.63) is 0 Å². The maximum absolute atomic E-state index is 6.07. The van der Waals surface area contributed by atoms with Crippen LogP contribution >= 0.6 is 0 Å². The van der Waals surface area contributed by atoms with Gasteiger partial charge in [-0.1, -0.05) is 40.5 Å². The third-order valence-corrected chi connectivity index (χ3v) is 5.34. The van der Waals surface area contributed by atoms with Crippen molar-refractivity contribution < 1.29 is 4.74 Å². The molecule has 1 unspecified atom stereocenters. The quantitative estimate of drug-likeness (QED) is 0.706. The Labute approximate surface area is 120 Å². The van der Waals surface area contributed by atoms with E-state index in [2.05, 4.69) is 33.0 Å². The summed E-state index contributed by atoms with van der Waals surface area (Å²) in [6.45, 7) is 10.3. The van der Waals surface area contributed by atoms with Crippen molar-refractivity contribution in [3.8, 4) is 0 Å². The molecule has 0 aromatic heterocycles. The molecular formula is C17H35NO. The third kappa shape index (κ3) is 4.46. The van der Waals surface area contributed by atoms with Crippen LogP contribution in [0.1, 0.15) is 72.6 Å². The molecular weight excluding hydrogens is 234 g/mol. The summed E-state index contributed by atoms with van der Waals surface area (Å²) >= 11 is 0. The second-order valence-corrected chi connectivity index (χ2v) is 6.48. The molecule has 19 heavy (non-hydrogen) atoms. The highest BCUT2D eigenvalue weighted by Gasteiger charge is 2.41. The first-order chi connectivity index (χ1) is 9.11. The van der Waals surface area contributed by atoms with Gasteiger partial charge in [0.15, 0.2) is 0 Å². The predicted molar refractivity (Wildman–Crippen MR) is 83.5 cm³/mol. The van der Waals surface area contributed by atoms with Crippen LogP contribution in [0.2, 0.25) is 0 Å². The lowest BCUT2D eigenvalue weighted by atomic mass is 9.72. The van der Waals surface area contributed by atoms with Crippen molar-refractivity contribution in [2.75, 3.05) is 13.7 Å². The molecule has 114 valence electrons. The summed E-state index contributed by atoms with van der Waals surface area (Å²) < 4.78 is 6.07. The molecule has 0 heterocycles. The second kappa shape index (κ2) is 8.26. The van der Waals surface area contributed by atoms with Gasteiger partial charge in [-0.15, -0.1) is 0 Å². The van der Waals surface area contributed by atoms with Crippen molar-refractivity contribution >= 4 is 0 Å². The second-order valence-electron chi connectivity index (χ2n) is 6.48. The Bertz CT molecular complexity index is 229. The van der Waals surface area contributed by atoms with Crippen LogP contribution in [0.3, 0.4) is 0 Å². The topological polar surface area (TPSA) is 21.3 Å². The maximum Gasteiger partial charge on any atom is 0.0831 e. The first-order valence-corrected chi connectivity index (χ1v) is 8.40. The average Bonchev–Trinajstić information content (AvgIpc) is 2.45. The van der Waals surface area contributed by atoms with E-state index in [1.54, 1.807) is 0 Å². The summed E-state index contributed by atoms with van der Waals surface area (Å²) in [5, 5.41) is 3.73. The molecule has 1 atom stereocenters. The fourth-order valence-electron chi connectivity index (χ4n) is 3.63. The molecule has 0 saturated heterocycles. The highest BCUT2D eigenvalue weighted by Crippen LogP contribution is 2.39. The van der Waals surface area contributed by atoms with E-state index in [4.69, 9.17) is 4.74 Å². The monoisotopic (exact) mass is 269 g/mol. The summed E-state index contributed by atoms with van der Waals surface area (Å²) in [6.07, 6.45) is 8.93. The minimum atomic E-state index is 0.0884. The van der Waals surface area contributed by atoms with E-state index in [1.165, 1.54) is 44.9 Å². The molecule has 1 rings (SSSR count). The summed E-state index contributed by atoms with van der Waals surface area (Å²) in [5.41, 5.74) is 0.0884. The highest BCUT2D eigenvalue weighted by atomic mass is 16.5. The zero-order chi connectivity index (χ0) is 14.3. The predicted octanol–water partition coefficient (Wildman–Crippen LogP) is 4.39. The number of nitrogens with one attached hydrogen (secondary N) is 1. The van der Waals surface area contributed by atoms with Crippen LogP contribution in [0.25, 0.3) is 0 Å². The maximum atomic E-state index is 6.07. The average molecular weight is 269 g/mol. The lowest BCUT2D eigenvalue weighted by molar-refractivity contribution is -0.0794. The molecule has 1 saturated carbocycles. The van der Waals surface area contributed by atoms with Gasteiger partial charge in [-0.25, -0.2) is 0 Å². The standard InChI is InChI=1S/C17H35NO/c1-6-15(7-2)13-16(18-8-3)17(19-5)11-9-14(4)10-12-17/h14-16,18H,6-13H2,1-5H3. The smallest absolute Gasteiger partial charge is 0.0831 e. The molecule has 1 N–H and O–H groups in total. The number of rotatable bonds is 8. The van der Waals surface area contributed by atoms with Gasteiger partial charge >= 0.3 is 0 Å². The first-order valence-electron chi connectivity index (χ1n) is 8.40. The van der Waals surface area contributed by atoms with E-state index >= 15 is 0 Å². The van der Waals surface area contributed by atoms with E-state index in [0.29, 0.717) is 6.04 Å². The minimum Gasteiger partial charge on any atom is -0.377 e. The van der Waals surface area contributed by atoms with Gasteiger partial charge in [0.1, 0.15) is 0 Å². The number of likely N-dealkylation sites (N-methyl/N-ethyl adjacent to an activating group) is 1. The van der Waals surface area contributed by atoms with Crippen LogP contribution in [0.15, 0.2) is 0 Å². The fourth-order valence-corrected chi connectivity index (χ4v) is 3.63. The van der Waals surface area contributed by atoms with Crippen LogP contribution in [-0.2, 0) is 4.74 Å². The highest BCUT2D eigenvalue weighted by molar-refractivity contribution is 4.97. The Kier molecular flexibility index (Phi) is 7.38. The van der Waals surface area contributed by atoms with Crippen molar-refractivity contribution in [1.82, 2.24) is 5.32 Å². The van der Waals surface area contributed by atoms with Gasteiger partial charge in [-0.2, -0.15) is 0 Å². The van der Waals surface area contributed by atoms with Crippen LogP contribution in [0, 0.1) is 11.8 Å². The molecule has 2 heteroatoms. The van der Waals surface area contributed by atoms with Gasteiger partial charge in [0.25, 0.3) is 0 Å². The molecule has 0 bridgehead atoms. The molecule has 1 aliphatic rings. The fraction of sp³-hybridized carbons (Fsp3) is 1.00. The molecule has 0 aromatic carbocycles. The van der Waals surface area contributed by atoms with Crippen molar-refractivity contribution in [2.24, 2.45) is 11.8 Å². The Morgan fingerprint density at radius 2 is 1.74 bits per heavy atom. The van der Waals surface area contributed by atoms with Gasteiger partial charge in [0.2, 0.25) is 0 Å². The van der Waals surface area contributed by atoms with Gasteiger partial charge in [-0.05, 0) is 50.5 Å². The summed E-state index contributed by atoms with van der Waals surface area (Å²) in [5.74, 6) is 1.70. The molecule has 0 aromatic rings. The number of hydrogen-bond donors (Lipinski definition) is 1. The number of ether oxygens (including phenoxy) is 1. The molecule has 0 radical (unpaired) electrons. The summed E-state index contributed by atoms with van der Waals surface area (Å²) in [4.78, 5) is 0. The Balaban J connectivity index is 2.75. The number of methoxy groups -OCH3 is 1. The lowest BCUT2D eigenvalue weighted by Gasteiger charge is -2.45. The molecule has 1 fully saturated rings. The molecule has 0 aliphatic heterocycles. The summed E-state index contributed by atoms with van der Waals surface area (Å²) in [7, 11) is 1.92. The normalized spacial score (nSPS) is 29.7. The van der Waals surface area contributed by atoms with Crippen LogP contribution in [-0.4, -0.2) is 25.3 Å². The Hall–Kier alpha value is -0.0800. The number of hydrogen-bond acceptors (Lipinski definition) is 2. The van der Waals surface area contributed by atoms with E-state index in [0.717, 1.165) is 18.4 Å². The van der Waals surface area contributed by atoms with Gasteiger partial charge in [0.05, 0.1) is 5.60 Å². The van der Waals surface area contributed by atoms with Crippen LogP contribution in [0.4, 0.5) is 0 Å². The SMILES string of the molecule is CCNC(CC(CC)CC)C1(OC)CCC(C)CC1. The lowest BCUT2D eigenvalue weighted by Crippen LogP contribution is -2.54. The minimum absolute atomic E-state index is 0.0884. The molecule has 0 spiro atoms. The molecule has 1 aliphatic carbocycles. The zero-order valence-corrected chi connectivity index (χ0v) is 13.8. The molecule has 0 amide bonds. The van der Waals surface area contributed by atoms with Gasteiger partial charge in [0, 0.05) is 13.2 Å². The Morgan fingerprint density at radius 3 is 2.16 bits per heavy atom. The molecule has 2 nitrogen and oxygen atoms in total. The van der Waals surface area contributed by atoms with Crippen LogP contribution < -0.4 is 5.32 Å². The van der Waals surface area contributed by atoms with Crippen molar-refractivity contribution in [2.45, 2.75) is 84.3 Å². The van der Waals surface area contributed by atoms with Gasteiger partial charge < -0.3 is 10.1 Å². The first kappa shape index (κ1) is 17.0. The Morgan fingerprint density at radius 1 is 1.16 bits per heavy atom. The summed E-state index contributed by atoms with van der Waals surface area (Å²) in [6, 6.07) is 0.528. The van der Waals surface area contributed by atoms with Gasteiger partial charge in [-0.3, -0.25) is 0 Å². The third-order valence-electron chi connectivity index (χ3n) is 5.34.